The maximum atomic E-state index is 5.51. The number of nitrogens with one attached hydrogen (secondary N) is 1. The number of hydrogen-bond donors (Lipinski definition) is 1. The maximum Gasteiger partial charge on any atom is 0.193 e. The van der Waals surface area contributed by atoms with E-state index in [2.05, 4.69) is 58.5 Å². The molecule has 1 aromatic heterocycles. The monoisotopic (exact) mass is 324 g/mol. The van der Waals surface area contributed by atoms with E-state index < -0.39 is 0 Å². The number of aryl methyl sites for hydroxylation is 1. The molecule has 2 rings (SSSR count). The first kappa shape index (κ1) is 17.2. The second-order valence-electron chi connectivity index (χ2n) is 5.87. The Balaban J connectivity index is 1.92. The van der Waals surface area contributed by atoms with Gasteiger partial charge in [0.1, 0.15) is 0 Å². The quantitative estimate of drug-likeness (QED) is 0.664. The minimum Gasteiger partial charge on any atom is -0.381 e. The van der Waals surface area contributed by atoms with Crippen LogP contribution >= 0.6 is 11.8 Å². The molecule has 1 saturated heterocycles. The highest BCUT2D eigenvalue weighted by Crippen LogP contribution is 2.33. The van der Waals surface area contributed by atoms with Crippen molar-refractivity contribution in [2.75, 3.05) is 40.1 Å². The number of aliphatic imine (C=N–C) groups is 1. The van der Waals surface area contributed by atoms with Gasteiger partial charge < -0.3 is 19.5 Å². The molecule has 0 bridgehead atoms. The van der Waals surface area contributed by atoms with Gasteiger partial charge in [-0.15, -0.1) is 0 Å². The van der Waals surface area contributed by atoms with Crippen LogP contribution in [0.4, 0.5) is 0 Å². The van der Waals surface area contributed by atoms with Gasteiger partial charge in [-0.05, 0) is 31.2 Å². The van der Waals surface area contributed by atoms with Crippen LogP contribution in [0.5, 0.6) is 0 Å². The van der Waals surface area contributed by atoms with Crippen LogP contribution in [0.2, 0.25) is 0 Å². The highest BCUT2D eigenvalue weighted by atomic mass is 32.2. The molecule has 0 radical (unpaired) electrons. The van der Waals surface area contributed by atoms with Crippen LogP contribution in [-0.2, 0) is 18.3 Å². The van der Waals surface area contributed by atoms with E-state index in [0.717, 1.165) is 45.1 Å². The molecule has 0 saturated carbocycles. The molecular weight excluding hydrogens is 296 g/mol. The third-order valence-electron chi connectivity index (χ3n) is 4.43. The Morgan fingerprint density at radius 2 is 2.23 bits per heavy atom. The van der Waals surface area contributed by atoms with Crippen LogP contribution in [0.3, 0.4) is 0 Å². The third kappa shape index (κ3) is 4.20. The van der Waals surface area contributed by atoms with Crippen molar-refractivity contribution < 1.29 is 4.74 Å². The maximum absolute atomic E-state index is 5.51. The molecule has 0 atom stereocenters. The van der Waals surface area contributed by atoms with Crippen LogP contribution in [0, 0.1) is 0 Å². The Hall–Kier alpha value is -1.14. The molecule has 5 nitrogen and oxygen atoms in total. The van der Waals surface area contributed by atoms with E-state index in [1.807, 2.05) is 18.8 Å². The van der Waals surface area contributed by atoms with Gasteiger partial charge in [0.15, 0.2) is 5.96 Å². The average Bonchev–Trinajstić information content (AvgIpc) is 2.94. The molecule has 0 aliphatic carbocycles. The van der Waals surface area contributed by atoms with Crippen LogP contribution in [0.25, 0.3) is 0 Å². The van der Waals surface area contributed by atoms with Crippen molar-refractivity contribution in [2.45, 2.75) is 24.1 Å². The zero-order valence-electron chi connectivity index (χ0n) is 14.1. The van der Waals surface area contributed by atoms with Crippen molar-refractivity contribution in [3.63, 3.8) is 0 Å². The molecule has 1 N–H and O–H groups in total. The predicted octanol–water partition coefficient (Wildman–Crippen LogP) is 1.94. The summed E-state index contributed by atoms with van der Waals surface area (Å²) in [5.74, 6) is 0.945. The average molecular weight is 324 g/mol. The second kappa shape index (κ2) is 7.92. The van der Waals surface area contributed by atoms with Gasteiger partial charge in [-0.1, -0.05) is 0 Å². The van der Waals surface area contributed by atoms with Gasteiger partial charge in [0, 0.05) is 57.5 Å². The fourth-order valence-corrected chi connectivity index (χ4v) is 3.59. The topological polar surface area (TPSA) is 41.8 Å². The zero-order chi connectivity index (χ0) is 16.0. The standard InChI is InChI=1S/C16H28N4OS/c1-17-15(20(3)12-14-6-5-9-19(14)2)18-13-16(22-4)7-10-21-11-8-16/h5-6,9H,7-8,10-13H2,1-4H3,(H,17,18). The normalized spacial score (nSPS) is 18.3. The summed E-state index contributed by atoms with van der Waals surface area (Å²) in [5.41, 5.74) is 1.27. The van der Waals surface area contributed by atoms with Gasteiger partial charge in [-0.2, -0.15) is 11.8 Å². The molecule has 22 heavy (non-hydrogen) atoms. The number of ether oxygens (including phenoxy) is 1. The predicted molar refractivity (Wildman–Crippen MR) is 94.5 cm³/mol. The lowest BCUT2D eigenvalue weighted by atomic mass is 9.99. The van der Waals surface area contributed by atoms with Gasteiger partial charge in [0.25, 0.3) is 0 Å². The van der Waals surface area contributed by atoms with Crippen molar-refractivity contribution in [3.8, 4) is 0 Å². The van der Waals surface area contributed by atoms with Crippen molar-refractivity contribution >= 4 is 17.7 Å². The minimum atomic E-state index is 0.264. The van der Waals surface area contributed by atoms with E-state index in [1.54, 1.807) is 0 Å². The number of aromatic nitrogens is 1. The lowest BCUT2D eigenvalue weighted by Gasteiger charge is -2.36. The molecule has 124 valence electrons. The van der Waals surface area contributed by atoms with Gasteiger partial charge in [0.05, 0.1) is 6.54 Å². The number of guanidine groups is 1. The van der Waals surface area contributed by atoms with Crippen LogP contribution in [0.15, 0.2) is 23.3 Å². The van der Waals surface area contributed by atoms with Crippen LogP contribution in [0.1, 0.15) is 18.5 Å². The molecule has 1 aliphatic heterocycles. The Bertz CT molecular complexity index is 494. The largest absolute Gasteiger partial charge is 0.381 e. The molecule has 1 aromatic rings. The van der Waals surface area contributed by atoms with Gasteiger partial charge in [0.2, 0.25) is 0 Å². The molecular formula is C16H28N4OS. The Kier molecular flexibility index (Phi) is 6.20. The lowest BCUT2D eigenvalue weighted by molar-refractivity contribution is 0.0781. The Morgan fingerprint density at radius 3 is 2.77 bits per heavy atom. The molecule has 0 amide bonds. The Morgan fingerprint density at radius 1 is 1.50 bits per heavy atom. The molecule has 1 aliphatic rings. The Labute approximate surface area is 138 Å². The number of rotatable bonds is 5. The van der Waals surface area contributed by atoms with Crippen molar-refractivity contribution in [1.82, 2.24) is 14.8 Å². The summed E-state index contributed by atoms with van der Waals surface area (Å²) in [7, 11) is 6.00. The van der Waals surface area contributed by atoms with E-state index >= 15 is 0 Å². The molecule has 2 heterocycles. The summed E-state index contributed by atoms with van der Waals surface area (Å²) >= 11 is 1.95. The van der Waals surface area contributed by atoms with Crippen molar-refractivity contribution in [1.29, 1.82) is 0 Å². The second-order valence-corrected chi connectivity index (χ2v) is 7.14. The van der Waals surface area contributed by atoms with E-state index in [4.69, 9.17) is 4.74 Å². The summed E-state index contributed by atoms with van der Waals surface area (Å²) in [6.45, 7) is 3.50. The lowest BCUT2D eigenvalue weighted by Crippen LogP contribution is -2.48. The first-order valence-corrected chi connectivity index (χ1v) is 8.97. The number of nitrogens with zero attached hydrogens (tertiary/aromatic N) is 3. The number of hydrogen-bond acceptors (Lipinski definition) is 3. The molecule has 0 unspecified atom stereocenters. The van der Waals surface area contributed by atoms with E-state index in [1.165, 1.54) is 5.69 Å². The van der Waals surface area contributed by atoms with Crippen molar-refractivity contribution in [2.24, 2.45) is 12.0 Å². The van der Waals surface area contributed by atoms with Gasteiger partial charge in [-0.3, -0.25) is 4.99 Å². The summed E-state index contributed by atoms with van der Waals surface area (Å²) in [5, 5.41) is 3.55. The fourth-order valence-electron chi connectivity index (χ4n) is 2.80. The third-order valence-corrected chi connectivity index (χ3v) is 5.85. The van der Waals surface area contributed by atoms with Crippen molar-refractivity contribution in [3.05, 3.63) is 24.0 Å². The van der Waals surface area contributed by atoms with Gasteiger partial charge >= 0.3 is 0 Å². The summed E-state index contributed by atoms with van der Waals surface area (Å²) in [4.78, 5) is 6.60. The zero-order valence-corrected chi connectivity index (χ0v) is 14.9. The van der Waals surface area contributed by atoms with Crippen LogP contribution in [-0.4, -0.2) is 60.3 Å². The highest BCUT2D eigenvalue weighted by molar-refractivity contribution is 8.00. The van der Waals surface area contributed by atoms with E-state index in [0.29, 0.717) is 0 Å². The van der Waals surface area contributed by atoms with E-state index in [9.17, 15) is 0 Å². The smallest absolute Gasteiger partial charge is 0.193 e. The highest BCUT2D eigenvalue weighted by Gasteiger charge is 2.32. The minimum absolute atomic E-state index is 0.264. The molecule has 1 fully saturated rings. The fraction of sp³-hybridized carbons (Fsp3) is 0.688. The summed E-state index contributed by atoms with van der Waals surface area (Å²) in [6, 6.07) is 4.22. The first-order chi connectivity index (χ1) is 10.6. The molecule has 6 heteroatoms. The van der Waals surface area contributed by atoms with Crippen LogP contribution < -0.4 is 5.32 Å². The SMILES string of the molecule is CN=C(NCC1(SC)CCOCC1)N(C)Cc1cccn1C. The summed E-state index contributed by atoms with van der Waals surface area (Å²) < 4.78 is 7.91. The number of thioether (sulfide) groups is 1. The molecule has 0 aromatic carbocycles. The van der Waals surface area contributed by atoms with Gasteiger partial charge in [-0.25, -0.2) is 0 Å². The van der Waals surface area contributed by atoms with E-state index in [-0.39, 0.29) is 4.75 Å². The molecule has 0 spiro atoms. The first-order valence-electron chi connectivity index (χ1n) is 7.75. The summed E-state index contributed by atoms with van der Waals surface area (Å²) in [6.07, 6.45) is 6.47.